The number of ether oxygens (including phenoxy) is 3. The van der Waals surface area contributed by atoms with Gasteiger partial charge in [-0.1, -0.05) is 0 Å². The van der Waals surface area contributed by atoms with Crippen molar-refractivity contribution in [1.29, 1.82) is 0 Å². The Hall–Kier alpha value is -0.200. The smallest absolute Gasteiger partial charge is 0.0900 e. The molecule has 1 aliphatic heterocycles. The first-order valence-electron chi connectivity index (χ1n) is 7.01. The van der Waals surface area contributed by atoms with Crippen molar-refractivity contribution in [3.63, 3.8) is 0 Å². The standard InChI is InChI=1S/C14H29NO4/c1-11-6-15(10-14(3,4)19-11)7-13(16)9-18-12(2)8-17-5/h11-13,16H,6-10H2,1-5H3. The average molecular weight is 275 g/mol. The number of hydrogen-bond donors (Lipinski definition) is 1. The van der Waals surface area contributed by atoms with E-state index in [2.05, 4.69) is 25.7 Å². The SMILES string of the molecule is COCC(C)OCC(O)CN1CC(C)OC(C)(C)C1. The predicted octanol–water partition coefficient (Wildman–Crippen LogP) is 0.898. The third kappa shape index (κ3) is 6.68. The molecule has 0 aromatic heterocycles. The first kappa shape index (κ1) is 16.9. The normalized spacial score (nSPS) is 27.2. The van der Waals surface area contributed by atoms with Crippen LogP contribution in [0.15, 0.2) is 0 Å². The highest BCUT2D eigenvalue weighted by Gasteiger charge is 2.31. The highest BCUT2D eigenvalue weighted by molar-refractivity contribution is 4.83. The number of morpholine rings is 1. The molecule has 1 aliphatic rings. The van der Waals surface area contributed by atoms with Crippen LogP contribution in [0.25, 0.3) is 0 Å². The van der Waals surface area contributed by atoms with Crippen LogP contribution < -0.4 is 0 Å². The second kappa shape index (κ2) is 7.55. The molecule has 3 atom stereocenters. The number of rotatable bonds is 7. The summed E-state index contributed by atoms with van der Waals surface area (Å²) in [7, 11) is 1.65. The van der Waals surface area contributed by atoms with Gasteiger partial charge >= 0.3 is 0 Å². The Bertz CT molecular complexity index is 260. The molecule has 0 spiro atoms. The van der Waals surface area contributed by atoms with Crippen molar-refractivity contribution in [3.05, 3.63) is 0 Å². The number of hydrogen-bond acceptors (Lipinski definition) is 5. The summed E-state index contributed by atoms with van der Waals surface area (Å²) in [4.78, 5) is 2.24. The number of methoxy groups -OCH3 is 1. The van der Waals surface area contributed by atoms with Gasteiger partial charge in [0.2, 0.25) is 0 Å². The lowest BCUT2D eigenvalue weighted by Crippen LogP contribution is -2.53. The fourth-order valence-electron chi connectivity index (χ4n) is 2.63. The summed E-state index contributed by atoms with van der Waals surface area (Å²) >= 11 is 0. The highest BCUT2D eigenvalue weighted by Crippen LogP contribution is 2.20. The van der Waals surface area contributed by atoms with E-state index in [4.69, 9.17) is 14.2 Å². The average Bonchev–Trinajstić information content (AvgIpc) is 2.23. The topological polar surface area (TPSA) is 51.2 Å². The van der Waals surface area contributed by atoms with Crippen molar-refractivity contribution in [2.75, 3.05) is 40.0 Å². The molecular weight excluding hydrogens is 246 g/mol. The summed E-state index contributed by atoms with van der Waals surface area (Å²) in [5, 5.41) is 10.0. The molecule has 1 rings (SSSR count). The van der Waals surface area contributed by atoms with Crippen molar-refractivity contribution < 1.29 is 19.3 Å². The second-order valence-electron chi connectivity index (χ2n) is 6.14. The van der Waals surface area contributed by atoms with Gasteiger partial charge in [0.15, 0.2) is 0 Å². The van der Waals surface area contributed by atoms with Gasteiger partial charge in [0.1, 0.15) is 0 Å². The van der Waals surface area contributed by atoms with Gasteiger partial charge in [-0.25, -0.2) is 0 Å². The minimum Gasteiger partial charge on any atom is -0.389 e. The maximum atomic E-state index is 10.0. The van der Waals surface area contributed by atoms with Crippen LogP contribution in [-0.4, -0.2) is 73.9 Å². The van der Waals surface area contributed by atoms with Gasteiger partial charge in [0, 0.05) is 26.7 Å². The molecule has 114 valence electrons. The quantitative estimate of drug-likeness (QED) is 0.748. The molecule has 0 bridgehead atoms. The molecule has 3 unspecified atom stereocenters. The second-order valence-corrected chi connectivity index (χ2v) is 6.14. The van der Waals surface area contributed by atoms with Crippen molar-refractivity contribution in [1.82, 2.24) is 4.90 Å². The van der Waals surface area contributed by atoms with Gasteiger partial charge in [-0.15, -0.1) is 0 Å². The van der Waals surface area contributed by atoms with Crippen LogP contribution in [0.3, 0.4) is 0 Å². The maximum absolute atomic E-state index is 10.0. The lowest BCUT2D eigenvalue weighted by Gasteiger charge is -2.42. The maximum Gasteiger partial charge on any atom is 0.0900 e. The minimum absolute atomic E-state index is 0.0136. The molecule has 0 aliphatic carbocycles. The van der Waals surface area contributed by atoms with E-state index in [1.54, 1.807) is 7.11 Å². The van der Waals surface area contributed by atoms with E-state index in [-0.39, 0.29) is 17.8 Å². The van der Waals surface area contributed by atoms with Gasteiger partial charge < -0.3 is 19.3 Å². The van der Waals surface area contributed by atoms with E-state index >= 15 is 0 Å². The Morgan fingerprint density at radius 3 is 2.68 bits per heavy atom. The van der Waals surface area contributed by atoms with E-state index in [1.807, 2.05) is 6.92 Å². The molecule has 0 amide bonds. The summed E-state index contributed by atoms with van der Waals surface area (Å²) < 4.78 is 16.4. The Labute approximate surface area is 116 Å². The molecule has 0 saturated carbocycles. The Morgan fingerprint density at radius 2 is 2.11 bits per heavy atom. The molecule has 1 heterocycles. The highest BCUT2D eigenvalue weighted by atomic mass is 16.5. The van der Waals surface area contributed by atoms with E-state index in [0.29, 0.717) is 19.8 Å². The summed E-state index contributed by atoms with van der Waals surface area (Å²) in [6, 6.07) is 0. The molecule has 1 fully saturated rings. The van der Waals surface area contributed by atoms with Crippen molar-refractivity contribution >= 4 is 0 Å². The fraction of sp³-hybridized carbons (Fsp3) is 1.00. The van der Waals surface area contributed by atoms with Gasteiger partial charge in [-0.3, -0.25) is 4.90 Å². The zero-order valence-electron chi connectivity index (χ0n) is 12.9. The summed E-state index contributed by atoms with van der Waals surface area (Å²) in [6.45, 7) is 11.4. The minimum atomic E-state index is -0.472. The monoisotopic (exact) mass is 275 g/mol. The molecule has 1 saturated heterocycles. The Morgan fingerprint density at radius 1 is 1.42 bits per heavy atom. The van der Waals surface area contributed by atoms with Gasteiger partial charge in [0.25, 0.3) is 0 Å². The third-order valence-electron chi connectivity index (χ3n) is 3.08. The first-order chi connectivity index (χ1) is 8.82. The molecule has 0 aromatic carbocycles. The Balaban J connectivity index is 2.29. The van der Waals surface area contributed by atoms with Crippen LogP contribution >= 0.6 is 0 Å². The largest absolute Gasteiger partial charge is 0.389 e. The van der Waals surface area contributed by atoms with Crippen LogP contribution in [0, 0.1) is 0 Å². The summed E-state index contributed by atoms with van der Waals surface area (Å²) in [6.07, 6.45) is -0.260. The molecular formula is C14H29NO4. The third-order valence-corrected chi connectivity index (χ3v) is 3.08. The lowest BCUT2D eigenvalue weighted by atomic mass is 10.1. The van der Waals surface area contributed by atoms with Crippen LogP contribution in [0.1, 0.15) is 27.7 Å². The fourth-order valence-corrected chi connectivity index (χ4v) is 2.63. The van der Waals surface area contributed by atoms with Gasteiger partial charge in [-0.2, -0.15) is 0 Å². The molecule has 5 nitrogen and oxygen atoms in total. The van der Waals surface area contributed by atoms with E-state index in [9.17, 15) is 5.11 Å². The number of nitrogens with zero attached hydrogens (tertiary/aromatic N) is 1. The molecule has 0 aromatic rings. The summed E-state index contributed by atoms with van der Waals surface area (Å²) in [5.41, 5.74) is -0.151. The number of aliphatic hydroxyl groups excluding tert-OH is 1. The van der Waals surface area contributed by atoms with Crippen LogP contribution in [0.5, 0.6) is 0 Å². The molecule has 5 heteroatoms. The van der Waals surface area contributed by atoms with Crippen molar-refractivity contribution in [2.45, 2.75) is 51.6 Å². The van der Waals surface area contributed by atoms with Gasteiger partial charge in [0.05, 0.1) is 37.1 Å². The van der Waals surface area contributed by atoms with Crippen LogP contribution in [-0.2, 0) is 14.2 Å². The van der Waals surface area contributed by atoms with E-state index in [0.717, 1.165) is 13.1 Å². The van der Waals surface area contributed by atoms with E-state index < -0.39 is 6.10 Å². The Kier molecular flexibility index (Phi) is 6.69. The zero-order chi connectivity index (χ0) is 14.5. The lowest BCUT2D eigenvalue weighted by molar-refractivity contribution is -0.137. The number of β-amino-alcohol motifs (C(OH)–C–C–N with tert-alkyl or cyclic N) is 1. The van der Waals surface area contributed by atoms with Crippen LogP contribution in [0.4, 0.5) is 0 Å². The first-order valence-corrected chi connectivity index (χ1v) is 7.01. The summed E-state index contributed by atoms with van der Waals surface area (Å²) in [5.74, 6) is 0. The van der Waals surface area contributed by atoms with Crippen LogP contribution in [0.2, 0.25) is 0 Å². The zero-order valence-corrected chi connectivity index (χ0v) is 12.9. The number of aliphatic hydroxyl groups is 1. The molecule has 0 radical (unpaired) electrons. The predicted molar refractivity (Wildman–Crippen MR) is 74.4 cm³/mol. The van der Waals surface area contributed by atoms with Crippen molar-refractivity contribution in [2.24, 2.45) is 0 Å². The van der Waals surface area contributed by atoms with Gasteiger partial charge in [-0.05, 0) is 27.7 Å². The van der Waals surface area contributed by atoms with E-state index in [1.165, 1.54) is 0 Å². The van der Waals surface area contributed by atoms with Crippen molar-refractivity contribution in [3.8, 4) is 0 Å². The molecule has 19 heavy (non-hydrogen) atoms. The molecule has 1 N–H and O–H groups in total.